The molecule has 4 aromatic heterocycles. The normalized spacial score (nSPS) is 37.7. The van der Waals surface area contributed by atoms with Crippen molar-refractivity contribution in [1.82, 2.24) is 39.0 Å². The summed E-state index contributed by atoms with van der Waals surface area (Å²) in [4.78, 5) is 47.9. The molecule has 45 heavy (non-hydrogen) atoms. The fraction of sp³-hybridized carbons (Fsp3) is 0.500. The number of halogens is 2. The van der Waals surface area contributed by atoms with Crippen LogP contribution in [-0.4, -0.2) is 89.0 Å². The van der Waals surface area contributed by atoms with E-state index in [4.69, 9.17) is 50.8 Å². The number of fused-ring (bicyclic) bond motifs is 5. The average Bonchev–Trinajstić information content (AvgIpc) is 3.72. The van der Waals surface area contributed by atoms with Crippen molar-refractivity contribution in [2.75, 3.05) is 24.7 Å². The van der Waals surface area contributed by atoms with Gasteiger partial charge in [0.1, 0.15) is 43.0 Å². The van der Waals surface area contributed by atoms with Crippen molar-refractivity contribution in [1.29, 1.82) is 0 Å². The predicted molar refractivity (Wildman–Crippen MR) is 152 cm³/mol. The molecular weight excluding hydrogens is 688 g/mol. The highest BCUT2D eigenvalue weighted by Gasteiger charge is 2.53. The number of nitrogen functional groups attached to an aromatic ring is 2. The molecular formula is C20H21F2N10O9P2S2-. The van der Waals surface area contributed by atoms with Crippen LogP contribution in [0.5, 0.6) is 0 Å². The van der Waals surface area contributed by atoms with Crippen LogP contribution in [0.3, 0.4) is 0 Å². The lowest BCUT2D eigenvalue weighted by atomic mass is 10.1. The molecule has 3 aliphatic heterocycles. The summed E-state index contributed by atoms with van der Waals surface area (Å²) in [5, 5.41) is 0. The second-order valence-corrected chi connectivity index (χ2v) is 15.6. The van der Waals surface area contributed by atoms with E-state index in [0.29, 0.717) is 0 Å². The number of nitrogens with two attached hydrogens (primary N) is 2. The highest BCUT2D eigenvalue weighted by Crippen LogP contribution is 2.58. The standard InChI is InChI=1S/C20H22F2N10O9P2S2/c21-8-6-1-36-42(34,44)40-12-7(39-18(9(12)22)32-5-28-11-16(32)29-20(24)30-17(11)33)2-37-43(35,45)41-13(8)19(38-6)31-4-27-10-14(23)25-3-26-15(10)31/h3-9,12-13,18-19H,1-2H2,(H,34,44)(H,35,45)(H2,23,25,26)(H3,24,29,30,33)/p-1/t6-,7-,8-,9-,12-,13-,18-,19-,42?,43?/m1/s1. The van der Waals surface area contributed by atoms with Crippen LogP contribution < -0.4 is 21.9 Å². The summed E-state index contributed by atoms with van der Waals surface area (Å²) in [5.41, 5.74) is 10.8. The third-order valence-corrected chi connectivity index (χ3v) is 10.4. The first-order chi connectivity index (χ1) is 21.3. The number of hydrogen-bond acceptors (Lipinski definition) is 17. The van der Waals surface area contributed by atoms with Gasteiger partial charge < -0.3 is 34.9 Å². The number of ether oxygens (including phenoxy) is 2. The van der Waals surface area contributed by atoms with E-state index in [9.17, 15) is 14.3 Å². The molecule has 0 aromatic carbocycles. The van der Waals surface area contributed by atoms with Gasteiger partial charge in [-0.2, -0.15) is 4.98 Å². The van der Waals surface area contributed by atoms with Gasteiger partial charge in [-0.3, -0.25) is 28.0 Å². The zero-order chi connectivity index (χ0) is 31.8. The summed E-state index contributed by atoms with van der Waals surface area (Å²) >= 11 is 9.00. The number of imidazole rings is 2. The Bertz CT molecular complexity index is 1950. The molecule has 0 saturated carbocycles. The van der Waals surface area contributed by atoms with Gasteiger partial charge in [0, 0.05) is 0 Å². The molecule has 0 spiro atoms. The van der Waals surface area contributed by atoms with Crippen molar-refractivity contribution in [3.63, 3.8) is 0 Å². The molecule has 0 amide bonds. The maximum absolute atomic E-state index is 16.0. The van der Waals surface area contributed by atoms with Crippen molar-refractivity contribution in [3.8, 4) is 0 Å². The van der Waals surface area contributed by atoms with Crippen LogP contribution in [0.2, 0.25) is 0 Å². The van der Waals surface area contributed by atoms with E-state index in [1.54, 1.807) is 0 Å². The molecule has 3 fully saturated rings. The molecule has 0 radical (unpaired) electrons. The summed E-state index contributed by atoms with van der Waals surface area (Å²) in [5.74, 6) is -0.244. The Hall–Kier alpha value is -2.69. The first-order valence-electron chi connectivity index (χ1n) is 12.9. The van der Waals surface area contributed by atoms with Crippen LogP contribution in [0.15, 0.2) is 23.8 Å². The maximum Gasteiger partial charge on any atom is 0.386 e. The molecule has 5 N–H and O–H groups in total. The van der Waals surface area contributed by atoms with Crippen LogP contribution in [-0.2, 0) is 43.9 Å². The number of aromatic nitrogens is 8. The van der Waals surface area contributed by atoms with E-state index in [1.165, 1.54) is 10.9 Å². The van der Waals surface area contributed by atoms with Gasteiger partial charge in [-0.05, 0) is 0 Å². The number of rotatable bonds is 2. The predicted octanol–water partition coefficient (Wildman–Crippen LogP) is 0.0348. The van der Waals surface area contributed by atoms with Gasteiger partial charge in [-0.1, -0.05) is 24.1 Å². The first-order valence-corrected chi connectivity index (χ1v) is 18.1. The molecule has 3 aliphatic rings. The molecule has 7 heterocycles. The molecule has 25 heteroatoms. The Morgan fingerprint density at radius 3 is 2.42 bits per heavy atom. The van der Waals surface area contributed by atoms with Crippen molar-refractivity contribution in [2.45, 2.75) is 49.2 Å². The van der Waals surface area contributed by atoms with Crippen LogP contribution in [0.4, 0.5) is 20.5 Å². The van der Waals surface area contributed by atoms with E-state index in [-0.39, 0.29) is 34.1 Å². The average molecular weight is 710 g/mol. The zero-order valence-electron chi connectivity index (χ0n) is 22.2. The number of aromatic amines is 1. The number of nitrogens with zero attached hydrogens (tertiary/aromatic N) is 7. The van der Waals surface area contributed by atoms with Gasteiger partial charge in [0.15, 0.2) is 47.4 Å². The Balaban J connectivity index is 1.21. The molecule has 7 rings (SSSR count). The monoisotopic (exact) mass is 709 g/mol. The summed E-state index contributed by atoms with van der Waals surface area (Å²) < 4.78 is 80.6. The van der Waals surface area contributed by atoms with Gasteiger partial charge in [-0.15, -0.1) is 0 Å². The summed E-state index contributed by atoms with van der Waals surface area (Å²) in [6.07, 6.45) is -10.1. The smallest absolute Gasteiger partial charge is 0.386 e. The fourth-order valence-corrected chi connectivity index (χ4v) is 8.10. The molecule has 19 nitrogen and oxygen atoms in total. The van der Waals surface area contributed by atoms with Crippen LogP contribution in [0.25, 0.3) is 22.3 Å². The fourth-order valence-electron chi connectivity index (χ4n) is 5.23. The first kappa shape index (κ1) is 30.9. The zero-order valence-corrected chi connectivity index (χ0v) is 25.7. The van der Waals surface area contributed by atoms with Crippen LogP contribution in [0, 0.1) is 0 Å². The number of H-pyrrole nitrogens is 1. The summed E-state index contributed by atoms with van der Waals surface area (Å²) in [6, 6.07) is 0. The molecule has 10 atom stereocenters. The number of thiol groups is 1. The minimum absolute atomic E-state index is 0.0313. The van der Waals surface area contributed by atoms with E-state index >= 15 is 8.78 Å². The third kappa shape index (κ3) is 5.54. The lowest BCUT2D eigenvalue weighted by Crippen LogP contribution is -2.35. The topological polar surface area (TPSA) is 255 Å². The minimum Gasteiger partial charge on any atom is -0.780 e. The Kier molecular flexibility index (Phi) is 7.72. The molecule has 0 aliphatic carbocycles. The quantitative estimate of drug-likeness (QED) is 0.158. The van der Waals surface area contributed by atoms with Gasteiger partial charge in [0.2, 0.25) is 5.95 Å². The summed E-state index contributed by atoms with van der Waals surface area (Å²) in [6.45, 7) is -10.6. The van der Waals surface area contributed by atoms with Crippen molar-refractivity contribution < 1.29 is 45.8 Å². The van der Waals surface area contributed by atoms with Crippen LogP contribution >= 0.6 is 25.8 Å². The third-order valence-electron chi connectivity index (χ3n) is 7.22. The lowest BCUT2D eigenvalue weighted by molar-refractivity contribution is -0.218. The molecule has 242 valence electrons. The molecule has 4 aromatic rings. The van der Waals surface area contributed by atoms with Crippen molar-refractivity contribution in [2.24, 2.45) is 0 Å². The second kappa shape index (κ2) is 11.2. The Morgan fingerprint density at radius 1 is 0.956 bits per heavy atom. The van der Waals surface area contributed by atoms with E-state index < -0.39 is 81.5 Å². The molecule has 2 bridgehead atoms. The molecule has 2 unspecified atom stereocenters. The second-order valence-electron chi connectivity index (χ2n) is 10.0. The van der Waals surface area contributed by atoms with Crippen molar-refractivity contribution in [3.05, 3.63) is 29.3 Å². The number of nitrogens with one attached hydrogen (secondary N) is 1. The highest BCUT2D eigenvalue weighted by molar-refractivity contribution is 8.44. The summed E-state index contributed by atoms with van der Waals surface area (Å²) in [7, 11) is 0. The van der Waals surface area contributed by atoms with Gasteiger partial charge in [-0.25, -0.2) is 33.3 Å². The Labute approximate surface area is 259 Å². The minimum atomic E-state index is -4.59. The van der Waals surface area contributed by atoms with E-state index in [2.05, 4.69) is 42.2 Å². The van der Waals surface area contributed by atoms with Gasteiger partial charge >= 0.3 is 6.80 Å². The highest BCUT2D eigenvalue weighted by atomic mass is 32.7. The Morgan fingerprint density at radius 2 is 1.64 bits per heavy atom. The molecule has 3 saturated heterocycles. The van der Waals surface area contributed by atoms with Gasteiger partial charge in [0.25, 0.3) is 5.56 Å². The number of hydrogen-bond donors (Lipinski definition) is 4. The number of alkyl halides is 2. The van der Waals surface area contributed by atoms with E-state index in [0.717, 1.165) is 17.2 Å². The largest absolute Gasteiger partial charge is 0.780 e. The SMILES string of the molecule is Nc1nc2c(ncn2[C@@H]2O[C@@H]3COP([O-])(=S)O[C@@H]4[C@H](F)[C@@H](COP(=O)(S)O[C@H]3[C@H]2F)O[C@H]4n2cnc3c(N)ncnc32)c(=O)[nH]1. The van der Waals surface area contributed by atoms with E-state index in [1.807, 2.05) is 0 Å². The number of anilines is 2. The van der Waals surface area contributed by atoms with Gasteiger partial charge in [0.05, 0.1) is 25.9 Å². The lowest BCUT2D eigenvalue weighted by Gasteiger charge is -2.34. The van der Waals surface area contributed by atoms with Crippen LogP contribution in [0.1, 0.15) is 12.5 Å². The van der Waals surface area contributed by atoms with Crippen molar-refractivity contribution >= 4 is 71.7 Å². The maximum atomic E-state index is 16.0.